The fraction of sp³-hybridized carbons (Fsp3) is 0.143. The number of nitrogens with two attached hydrogens (primary N) is 2. The highest BCUT2D eigenvalue weighted by Gasteiger charge is 2.00. The molecule has 0 amide bonds. The summed E-state index contributed by atoms with van der Waals surface area (Å²) in [6.45, 7) is 1.85. The molecule has 0 aliphatic rings. The first-order valence-electron chi connectivity index (χ1n) is 3.47. The number of rotatable bonds is 2. The van der Waals surface area contributed by atoms with Crippen molar-refractivity contribution in [2.24, 2.45) is 21.7 Å². The van der Waals surface area contributed by atoms with Crippen LogP contribution in [0, 0.1) is 0 Å². The SMILES string of the molecule is CC(=NN=C(N)N)c1cc(Br)cs1. The summed E-state index contributed by atoms with van der Waals surface area (Å²) in [4.78, 5) is 1.04. The lowest BCUT2D eigenvalue weighted by molar-refractivity contribution is 1.20. The summed E-state index contributed by atoms with van der Waals surface area (Å²) in [5.74, 6) is -0.0324. The van der Waals surface area contributed by atoms with Gasteiger partial charge in [-0.1, -0.05) is 0 Å². The van der Waals surface area contributed by atoms with Gasteiger partial charge in [-0.25, -0.2) is 0 Å². The Bertz CT molecular complexity index is 351. The van der Waals surface area contributed by atoms with E-state index in [1.165, 1.54) is 0 Å². The van der Waals surface area contributed by atoms with Crippen molar-refractivity contribution in [3.05, 3.63) is 20.8 Å². The highest BCUT2D eigenvalue weighted by Crippen LogP contribution is 2.20. The van der Waals surface area contributed by atoms with Crippen LogP contribution in [0.2, 0.25) is 0 Å². The molecule has 0 saturated carbocycles. The zero-order valence-corrected chi connectivity index (χ0v) is 9.39. The highest BCUT2D eigenvalue weighted by molar-refractivity contribution is 9.10. The zero-order chi connectivity index (χ0) is 9.84. The molecule has 0 atom stereocenters. The van der Waals surface area contributed by atoms with E-state index in [0.29, 0.717) is 0 Å². The molecule has 70 valence electrons. The van der Waals surface area contributed by atoms with Gasteiger partial charge in [0.05, 0.1) is 10.6 Å². The van der Waals surface area contributed by atoms with Gasteiger partial charge in [0.25, 0.3) is 0 Å². The molecule has 0 aliphatic carbocycles. The number of hydrogen-bond donors (Lipinski definition) is 2. The summed E-state index contributed by atoms with van der Waals surface area (Å²) in [5, 5.41) is 9.39. The second-order valence-electron chi connectivity index (χ2n) is 2.34. The Morgan fingerprint density at radius 1 is 1.46 bits per heavy atom. The quantitative estimate of drug-likeness (QED) is 0.481. The summed E-state index contributed by atoms with van der Waals surface area (Å²) in [5.41, 5.74) is 11.1. The maximum atomic E-state index is 5.14. The molecule has 1 aromatic rings. The van der Waals surface area contributed by atoms with Crippen LogP contribution in [0.5, 0.6) is 0 Å². The van der Waals surface area contributed by atoms with Gasteiger partial charge in [-0.2, -0.15) is 5.10 Å². The molecule has 0 spiro atoms. The number of guanidine groups is 1. The van der Waals surface area contributed by atoms with Gasteiger partial charge in [0, 0.05) is 9.85 Å². The molecule has 0 aliphatic heterocycles. The number of nitrogens with zero attached hydrogens (tertiary/aromatic N) is 2. The molecule has 4 N–H and O–H groups in total. The first kappa shape index (κ1) is 10.2. The average molecular weight is 261 g/mol. The monoisotopic (exact) mass is 260 g/mol. The van der Waals surface area contributed by atoms with E-state index in [4.69, 9.17) is 11.5 Å². The number of hydrogen-bond acceptors (Lipinski definition) is 3. The summed E-state index contributed by atoms with van der Waals surface area (Å²) < 4.78 is 1.03. The van der Waals surface area contributed by atoms with Gasteiger partial charge in [0.2, 0.25) is 5.96 Å². The lowest BCUT2D eigenvalue weighted by atomic mass is 10.3. The van der Waals surface area contributed by atoms with Crippen LogP contribution in [-0.4, -0.2) is 11.7 Å². The van der Waals surface area contributed by atoms with Gasteiger partial charge in [-0.15, -0.1) is 16.4 Å². The molecule has 0 saturated heterocycles. The maximum absolute atomic E-state index is 5.14. The van der Waals surface area contributed by atoms with E-state index in [1.54, 1.807) is 11.3 Å². The smallest absolute Gasteiger partial charge is 0.211 e. The summed E-state index contributed by atoms with van der Waals surface area (Å²) in [6.07, 6.45) is 0. The van der Waals surface area contributed by atoms with Crippen molar-refractivity contribution in [3.63, 3.8) is 0 Å². The summed E-state index contributed by atoms with van der Waals surface area (Å²) >= 11 is 4.93. The Morgan fingerprint density at radius 2 is 2.15 bits per heavy atom. The first-order chi connectivity index (χ1) is 6.09. The van der Waals surface area contributed by atoms with Crippen molar-refractivity contribution >= 4 is 38.9 Å². The van der Waals surface area contributed by atoms with Crippen LogP contribution in [0.15, 0.2) is 26.1 Å². The molecule has 0 aromatic carbocycles. The first-order valence-corrected chi connectivity index (χ1v) is 5.14. The summed E-state index contributed by atoms with van der Waals surface area (Å²) in [7, 11) is 0. The van der Waals surface area contributed by atoms with Gasteiger partial charge in [-0.3, -0.25) is 0 Å². The molecule has 13 heavy (non-hydrogen) atoms. The van der Waals surface area contributed by atoms with Gasteiger partial charge < -0.3 is 11.5 Å². The van der Waals surface area contributed by atoms with E-state index in [0.717, 1.165) is 15.1 Å². The Hall–Kier alpha value is -0.880. The van der Waals surface area contributed by atoms with Gasteiger partial charge in [0.15, 0.2) is 0 Å². The van der Waals surface area contributed by atoms with Crippen molar-refractivity contribution in [3.8, 4) is 0 Å². The normalized spacial score (nSPS) is 11.4. The van der Waals surface area contributed by atoms with Crippen molar-refractivity contribution < 1.29 is 0 Å². The van der Waals surface area contributed by atoms with E-state index in [2.05, 4.69) is 26.1 Å². The fourth-order valence-corrected chi connectivity index (χ4v) is 2.06. The van der Waals surface area contributed by atoms with Gasteiger partial charge in [0.1, 0.15) is 0 Å². The molecule has 6 heteroatoms. The minimum Gasteiger partial charge on any atom is -0.369 e. The minimum atomic E-state index is -0.0324. The minimum absolute atomic E-state index is 0.0324. The van der Waals surface area contributed by atoms with Crippen LogP contribution in [0.4, 0.5) is 0 Å². The van der Waals surface area contributed by atoms with Gasteiger partial charge in [-0.05, 0) is 28.9 Å². The molecule has 0 unspecified atom stereocenters. The largest absolute Gasteiger partial charge is 0.369 e. The van der Waals surface area contributed by atoms with E-state index < -0.39 is 0 Å². The average Bonchev–Trinajstić information content (AvgIpc) is 2.47. The summed E-state index contributed by atoms with van der Waals surface area (Å²) in [6, 6.07) is 1.96. The molecule has 4 nitrogen and oxygen atoms in total. The lowest BCUT2D eigenvalue weighted by Crippen LogP contribution is -2.22. The van der Waals surface area contributed by atoms with Crippen molar-refractivity contribution in [1.82, 2.24) is 0 Å². The van der Waals surface area contributed by atoms with Gasteiger partial charge >= 0.3 is 0 Å². The van der Waals surface area contributed by atoms with E-state index in [-0.39, 0.29) is 5.96 Å². The Balaban J connectivity index is 2.85. The highest BCUT2D eigenvalue weighted by atomic mass is 79.9. The van der Waals surface area contributed by atoms with Crippen LogP contribution in [0.25, 0.3) is 0 Å². The third-order valence-electron chi connectivity index (χ3n) is 1.24. The molecule has 0 radical (unpaired) electrons. The second-order valence-corrected chi connectivity index (χ2v) is 4.17. The lowest BCUT2D eigenvalue weighted by Gasteiger charge is -1.91. The predicted octanol–water partition coefficient (Wildman–Crippen LogP) is 1.51. The molecule has 1 aromatic heterocycles. The molecule has 0 fully saturated rings. The molecule has 0 bridgehead atoms. The molecule has 1 rings (SSSR count). The Kier molecular flexibility index (Phi) is 3.44. The van der Waals surface area contributed by atoms with Crippen molar-refractivity contribution in [2.45, 2.75) is 6.92 Å². The molecular weight excluding hydrogens is 252 g/mol. The van der Waals surface area contributed by atoms with Crippen LogP contribution in [0.1, 0.15) is 11.8 Å². The van der Waals surface area contributed by atoms with Crippen LogP contribution in [0.3, 0.4) is 0 Å². The molecular formula is C7H9BrN4S. The number of thiophene rings is 1. The third kappa shape index (κ3) is 3.16. The predicted molar refractivity (Wildman–Crippen MR) is 60.0 cm³/mol. The van der Waals surface area contributed by atoms with E-state index in [1.807, 2.05) is 18.4 Å². The number of halogens is 1. The standard InChI is InChI=1S/C7H9BrN4S/c1-4(11-12-7(9)10)6-2-5(8)3-13-6/h2-3H,1H3,(H4,9,10,12). The van der Waals surface area contributed by atoms with Crippen molar-refractivity contribution in [2.75, 3.05) is 0 Å². The maximum Gasteiger partial charge on any atom is 0.211 e. The zero-order valence-electron chi connectivity index (χ0n) is 6.99. The van der Waals surface area contributed by atoms with Crippen LogP contribution < -0.4 is 11.5 Å². The van der Waals surface area contributed by atoms with Crippen LogP contribution in [-0.2, 0) is 0 Å². The topological polar surface area (TPSA) is 76.8 Å². The van der Waals surface area contributed by atoms with E-state index in [9.17, 15) is 0 Å². The van der Waals surface area contributed by atoms with E-state index >= 15 is 0 Å². The van der Waals surface area contributed by atoms with Crippen LogP contribution >= 0.6 is 27.3 Å². The molecule has 1 heterocycles. The van der Waals surface area contributed by atoms with Crippen molar-refractivity contribution in [1.29, 1.82) is 0 Å². The Morgan fingerprint density at radius 3 is 2.62 bits per heavy atom. The second kappa shape index (κ2) is 4.38. The Labute approximate surface area is 88.5 Å². The fourth-order valence-electron chi connectivity index (χ4n) is 0.685. The third-order valence-corrected chi connectivity index (χ3v) is 3.04.